The number of hydrogen-bond acceptors (Lipinski definition) is 4. The summed E-state index contributed by atoms with van der Waals surface area (Å²) in [5, 5.41) is 3.48. The Balaban J connectivity index is 0.00000306. The molecule has 3 aliphatic rings. The second-order valence-corrected chi connectivity index (χ2v) is 9.26. The number of carbonyl (C=O) groups excluding carboxylic acids is 1. The van der Waals surface area contributed by atoms with Crippen LogP contribution in [0.1, 0.15) is 37.8 Å². The number of nitrogens with zero attached hydrogens (tertiary/aromatic N) is 5. The van der Waals surface area contributed by atoms with Gasteiger partial charge in [0.1, 0.15) is 0 Å². The molecule has 184 valence electrons. The predicted molar refractivity (Wildman–Crippen MR) is 145 cm³/mol. The number of hydrogen-bond donors (Lipinski definition) is 1. The van der Waals surface area contributed by atoms with Gasteiger partial charge in [0.15, 0.2) is 5.96 Å². The Kier molecular flexibility index (Phi) is 10.2. The fourth-order valence-electron chi connectivity index (χ4n) is 5.15. The maximum atomic E-state index is 12.8. The van der Waals surface area contributed by atoms with Gasteiger partial charge in [-0.25, -0.2) is 0 Å². The number of piperazine rings is 1. The summed E-state index contributed by atoms with van der Waals surface area (Å²) in [6, 6.07) is 8.78. The van der Waals surface area contributed by atoms with Crippen molar-refractivity contribution in [3.63, 3.8) is 0 Å². The van der Waals surface area contributed by atoms with Crippen LogP contribution in [0.2, 0.25) is 0 Å². The van der Waals surface area contributed by atoms with Crippen LogP contribution in [0.5, 0.6) is 0 Å². The molecule has 0 spiro atoms. The summed E-state index contributed by atoms with van der Waals surface area (Å²) >= 11 is 0. The van der Waals surface area contributed by atoms with E-state index < -0.39 is 0 Å². The van der Waals surface area contributed by atoms with E-state index in [2.05, 4.69) is 58.1 Å². The molecule has 1 unspecified atom stereocenters. The van der Waals surface area contributed by atoms with E-state index in [4.69, 9.17) is 4.99 Å². The first-order valence-electron chi connectivity index (χ1n) is 12.5. The minimum absolute atomic E-state index is 0. The molecule has 0 aliphatic carbocycles. The molecule has 0 aromatic heterocycles. The molecule has 0 saturated carbocycles. The summed E-state index contributed by atoms with van der Waals surface area (Å²) in [7, 11) is 0. The lowest BCUT2D eigenvalue weighted by atomic mass is 10.00. The summed E-state index contributed by atoms with van der Waals surface area (Å²) < 4.78 is 0. The largest absolute Gasteiger partial charge is 0.357 e. The Morgan fingerprint density at radius 3 is 2.39 bits per heavy atom. The molecule has 7 nitrogen and oxygen atoms in total. The molecule has 4 rings (SSSR count). The zero-order valence-electron chi connectivity index (χ0n) is 20.3. The van der Waals surface area contributed by atoms with Gasteiger partial charge in [-0.1, -0.05) is 24.3 Å². The van der Waals surface area contributed by atoms with Crippen molar-refractivity contribution < 1.29 is 4.79 Å². The van der Waals surface area contributed by atoms with Crippen LogP contribution in [0.25, 0.3) is 0 Å². The second-order valence-electron chi connectivity index (χ2n) is 9.26. The molecule has 1 atom stereocenters. The van der Waals surface area contributed by atoms with E-state index in [-0.39, 0.29) is 30.0 Å². The number of benzene rings is 1. The fraction of sp³-hybridized carbons (Fsp3) is 0.680. The summed E-state index contributed by atoms with van der Waals surface area (Å²) in [4.78, 5) is 27.0. The van der Waals surface area contributed by atoms with Crippen molar-refractivity contribution in [2.75, 3.05) is 65.4 Å². The summed E-state index contributed by atoms with van der Waals surface area (Å²) in [6.45, 7) is 14.6. The number of nitrogens with one attached hydrogen (secondary N) is 1. The molecule has 3 aliphatic heterocycles. The predicted octanol–water partition coefficient (Wildman–Crippen LogP) is 2.26. The SMILES string of the molecule is CCNC(=NCCN1CCc2ccccc2C1)N1CCN(C(C)C(=O)N2CCCC2)CC1.I. The highest BCUT2D eigenvalue weighted by atomic mass is 127. The molecule has 0 bridgehead atoms. The Morgan fingerprint density at radius 2 is 1.70 bits per heavy atom. The molecule has 1 N–H and O–H groups in total. The Bertz CT molecular complexity index is 789. The van der Waals surface area contributed by atoms with Gasteiger partial charge >= 0.3 is 0 Å². The number of carbonyl (C=O) groups is 1. The second kappa shape index (κ2) is 12.9. The number of rotatable bonds is 6. The molecule has 33 heavy (non-hydrogen) atoms. The topological polar surface area (TPSA) is 54.4 Å². The highest BCUT2D eigenvalue weighted by Gasteiger charge is 2.30. The first-order valence-corrected chi connectivity index (χ1v) is 12.5. The van der Waals surface area contributed by atoms with Crippen molar-refractivity contribution in [2.24, 2.45) is 4.99 Å². The molecule has 1 aromatic rings. The van der Waals surface area contributed by atoms with Crippen LogP contribution in [0.15, 0.2) is 29.3 Å². The average molecular weight is 569 g/mol. The van der Waals surface area contributed by atoms with Gasteiger partial charge in [-0.2, -0.15) is 0 Å². The highest BCUT2D eigenvalue weighted by Crippen LogP contribution is 2.18. The maximum Gasteiger partial charge on any atom is 0.239 e. The Morgan fingerprint density at radius 1 is 1.00 bits per heavy atom. The third-order valence-electron chi connectivity index (χ3n) is 7.16. The van der Waals surface area contributed by atoms with E-state index in [1.54, 1.807) is 0 Å². The van der Waals surface area contributed by atoms with Gasteiger partial charge in [-0.3, -0.25) is 19.6 Å². The average Bonchev–Trinajstić information content (AvgIpc) is 3.38. The molecule has 0 radical (unpaired) electrons. The van der Waals surface area contributed by atoms with Crippen LogP contribution in [0, 0.1) is 0 Å². The number of guanidine groups is 1. The number of fused-ring (bicyclic) bond motifs is 1. The minimum atomic E-state index is -0.0169. The lowest BCUT2D eigenvalue weighted by Crippen LogP contribution is -2.57. The van der Waals surface area contributed by atoms with Gasteiger partial charge in [-0.05, 0) is 44.2 Å². The van der Waals surface area contributed by atoms with Crippen LogP contribution in [0.3, 0.4) is 0 Å². The molecule has 1 aromatic carbocycles. The van der Waals surface area contributed by atoms with Crippen molar-refractivity contribution in [2.45, 2.75) is 45.7 Å². The third kappa shape index (κ3) is 6.82. The van der Waals surface area contributed by atoms with E-state index in [9.17, 15) is 4.79 Å². The zero-order chi connectivity index (χ0) is 22.3. The monoisotopic (exact) mass is 568 g/mol. The lowest BCUT2D eigenvalue weighted by Gasteiger charge is -2.39. The summed E-state index contributed by atoms with van der Waals surface area (Å²) in [5.74, 6) is 1.32. The van der Waals surface area contributed by atoms with Crippen molar-refractivity contribution in [3.8, 4) is 0 Å². The van der Waals surface area contributed by atoms with E-state index in [0.29, 0.717) is 5.91 Å². The fourth-order valence-corrected chi connectivity index (χ4v) is 5.15. The summed E-state index contributed by atoms with van der Waals surface area (Å²) in [6.07, 6.45) is 3.44. The van der Waals surface area contributed by atoms with Crippen LogP contribution in [-0.2, 0) is 17.8 Å². The number of amides is 1. The first-order chi connectivity index (χ1) is 15.7. The lowest BCUT2D eigenvalue weighted by molar-refractivity contribution is -0.135. The van der Waals surface area contributed by atoms with Crippen molar-refractivity contribution in [1.82, 2.24) is 24.9 Å². The van der Waals surface area contributed by atoms with Gasteiger partial charge in [0.05, 0.1) is 12.6 Å². The number of aliphatic imine (C=N–C) groups is 1. The van der Waals surface area contributed by atoms with Gasteiger partial charge in [0, 0.05) is 65.4 Å². The molecule has 1 amide bonds. The van der Waals surface area contributed by atoms with Crippen molar-refractivity contribution in [1.29, 1.82) is 0 Å². The summed E-state index contributed by atoms with van der Waals surface area (Å²) in [5.41, 5.74) is 2.96. The molecule has 2 fully saturated rings. The van der Waals surface area contributed by atoms with E-state index in [1.807, 2.05) is 4.90 Å². The smallest absolute Gasteiger partial charge is 0.239 e. The Hall–Kier alpha value is -1.39. The van der Waals surface area contributed by atoms with Crippen LogP contribution in [0.4, 0.5) is 0 Å². The van der Waals surface area contributed by atoms with E-state index in [1.165, 1.54) is 11.1 Å². The normalized spacial score (nSPS) is 20.8. The van der Waals surface area contributed by atoms with Crippen LogP contribution in [-0.4, -0.2) is 103 Å². The quantitative estimate of drug-likeness (QED) is 0.324. The molecule has 8 heteroatoms. The van der Waals surface area contributed by atoms with Crippen LogP contribution >= 0.6 is 24.0 Å². The van der Waals surface area contributed by atoms with Crippen molar-refractivity contribution in [3.05, 3.63) is 35.4 Å². The molecule has 3 heterocycles. The Labute approximate surface area is 216 Å². The first kappa shape index (κ1) is 26.2. The highest BCUT2D eigenvalue weighted by molar-refractivity contribution is 14.0. The number of likely N-dealkylation sites (tertiary alicyclic amines) is 1. The molecular formula is C25H41IN6O. The zero-order valence-corrected chi connectivity index (χ0v) is 22.7. The van der Waals surface area contributed by atoms with Crippen molar-refractivity contribution >= 4 is 35.8 Å². The minimum Gasteiger partial charge on any atom is -0.357 e. The molecular weight excluding hydrogens is 527 g/mol. The van der Waals surface area contributed by atoms with E-state index in [0.717, 1.165) is 97.2 Å². The van der Waals surface area contributed by atoms with Gasteiger partial charge in [0.2, 0.25) is 5.91 Å². The number of halogens is 1. The van der Waals surface area contributed by atoms with Crippen LogP contribution < -0.4 is 5.32 Å². The van der Waals surface area contributed by atoms with Gasteiger partial charge < -0.3 is 15.1 Å². The molecule has 2 saturated heterocycles. The van der Waals surface area contributed by atoms with Gasteiger partial charge in [0.25, 0.3) is 0 Å². The van der Waals surface area contributed by atoms with E-state index >= 15 is 0 Å². The van der Waals surface area contributed by atoms with Gasteiger partial charge in [-0.15, -0.1) is 24.0 Å². The standard InChI is InChI=1S/C25H40N6O.HI/c1-3-26-25(27-11-15-28-14-10-22-8-4-5-9-23(22)20-28)31-18-16-29(17-19-31)21(2)24(32)30-12-6-7-13-30;/h4-5,8-9,21H,3,6-7,10-20H2,1-2H3,(H,26,27);1H. The maximum absolute atomic E-state index is 12.8. The third-order valence-corrected chi connectivity index (χ3v) is 7.16.